The van der Waals surface area contributed by atoms with Crippen molar-refractivity contribution in [1.29, 1.82) is 0 Å². The molecule has 9 atom stereocenters. The number of aliphatic hydroxyl groups is 1. The number of nitrogens with one attached hydrogen (secondary N) is 10. The van der Waals surface area contributed by atoms with Crippen LogP contribution in [0.1, 0.15) is 92.9 Å². The zero-order chi connectivity index (χ0) is 71.4. The van der Waals surface area contributed by atoms with Gasteiger partial charge in [0.1, 0.15) is 60.4 Å². The number of aromatic amines is 1. The zero-order valence-electron chi connectivity index (χ0n) is 54.9. The molecular formula is C67H84N18O14. The third-order valence-electron chi connectivity index (χ3n) is 16.7. The predicted octanol–water partition coefficient (Wildman–Crippen LogP) is -1.35. The van der Waals surface area contributed by atoms with E-state index in [-0.39, 0.29) is 100 Å². The van der Waals surface area contributed by atoms with E-state index in [2.05, 4.69) is 57.6 Å². The predicted molar refractivity (Wildman–Crippen MR) is 360 cm³/mol. The molecule has 2 aliphatic rings. The average Bonchev–Trinajstić information content (AvgIpc) is 1.81. The number of hydrogen-bond acceptors (Lipinski definition) is 17. The minimum Gasteiger partial charge on any atom is -0.427 e. The third-order valence-corrected chi connectivity index (χ3v) is 16.7. The highest BCUT2D eigenvalue weighted by Crippen LogP contribution is 2.24. The molecule has 0 unspecified atom stereocenters. The van der Waals surface area contributed by atoms with Gasteiger partial charge in [-0.25, -0.2) is 15.2 Å². The first-order valence-electron chi connectivity index (χ1n) is 32.4. The number of benzene rings is 4. The zero-order valence-corrected chi connectivity index (χ0v) is 54.9. The van der Waals surface area contributed by atoms with Crippen molar-refractivity contribution < 1.29 is 67.4 Å². The van der Waals surface area contributed by atoms with Gasteiger partial charge in [0, 0.05) is 75.4 Å². The Kier molecular flexibility index (Phi) is 25.7. The van der Waals surface area contributed by atoms with Crippen molar-refractivity contribution in [2.75, 3.05) is 19.7 Å². The lowest BCUT2D eigenvalue weighted by Gasteiger charge is -2.30. The van der Waals surface area contributed by atoms with Crippen LogP contribution in [0.3, 0.4) is 0 Å². The van der Waals surface area contributed by atoms with E-state index in [0.717, 1.165) is 10.8 Å². The Morgan fingerprint density at radius 2 is 1.30 bits per heavy atom. The minimum atomic E-state index is -1.80. The van der Waals surface area contributed by atoms with E-state index in [4.69, 9.17) is 27.7 Å². The molecule has 4 heterocycles. The van der Waals surface area contributed by atoms with Gasteiger partial charge in [0.05, 0.1) is 18.3 Å². The minimum absolute atomic E-state index is 0.00550. The van der Waals surface area contributed by atoms with E-state index in [1.807, 2.05) is 41.8 Å². The highest BCUT2D eigenvalue weighted by atomic mass is 16.5. The van der Waals surface area contributed by atoms with Crippen LogP contribution >= 0.6 is 0 Å². The van der Waals surface area contributed by atoms with Crippen LogP contribution in [0.4, 0.5) is 4.79 Å². The average molecular weight is 1370 g/mol. The van der Waals surface area contributed by atoms with Gasteiger partial charge in [-0.05, 0) is 90.1 Å². The van der Waals surface area contributed by atoms with Gasteiger partial charge in [-0.3, -0.25) is 67.7 Å². The number of hydrogen-bond donors (Lipinski definition) is 15. The van der Waals surface area contributed by atoms with E-state index in [9.17, 15) is 53.1 Å². The summed E-state index contributed by atoms with van der Waals surface area (Å²) in [7, 11) is 0. The second kappa shape index (κ2) is 34.6. The number of rotatable bonds is 31. The van der Waals surface area contributed by atoms with Crippen molar-refractivity contribution in [2.45, 2.75) is 146 Å². The number of aliphatic imine (C=N–C) groups is 1. The van der Waals surface area contributed by atoms with Gasteiger partial charge in [0.15, 0.2) is 5.96 Å². The summed E-state index contributed by atoms with van der Waals surface area (Å²) in [6.07, 6.45) is 4.64. The van der Waals surface area contributed by atoms with Crippen LogP contribution in [0, 0.1) is 5.92 Å². The highest BCUT2D eigenvalue weighted by Gasteiger charge is 2.40. The summed E-state index contributed by atoms with van der Waals surface area (Å²) in [5.74, 6) is -8.51. The summed E-state index contributed by atoms with van der Waals surface area (Å²) < 4.78 is 6.42. The molecule has 0 radical (unpaired) electrons. The second-order valence-corrected chi connectivity index (χ2v) is 24.8. The fourth-order valence-electron chi connectivity index (χ4n) is 11.7. The van der Waals surface area contributed by atoms with Crippen LogP contribution < -0.4 is 75.7 Å². The van der Waals surface area contributed by atoms with Crippen molar-refractivity contribution in [3.63, 3.8) is 0 Å². The maximum atomic E-state index is 15.2. The first kappa shape index (κ1) is 73.5. The van der Waals surface area contributed by atoms with Crippen LogP contribution in [0.15, 0.2) is 115 Å². The number of guanidine groups is 1. The molecule has 2 saturated heterocycles. The van der Waals surface area contributed by atoms with Crippen LogP contribution in [0.2, 0.25) is 0 Å². The molecule has 32 nitrogen and oxygen atoms in total. The Hall–Kier alpha value is -11.3. The molecule has 6 aromatic rings. The number of carbonyl (C=O) groups excluding carboxylic acids is 12. The molecule has 2 aromatic heterocycles. The van der Waals surface area contributed by atoms with E-state index in [0.29, 0.717) is 40.4 Å². The number of esters is 1. The van der Waals surface area contributed by atoms with Gasteiger partial charge in [-0.15, -0.1) is 0 Å². The molecule has 0 spiro atoms. The third kappa shape index (κ3) is 20.9. The normalized spacial score (nSPS) is 16.3. The quantitative estimate of drug-likeness (QED) is 0.00598. The van der Waals surface area contributed by atoms with Crippen molar-refractivity contribution >= 4 is 98.7 Å². The molecule has 4 aromatic carbocycles. The molecule has 11 amide bonds. The molecule has 526 valence electrons. The van der Waals surface area contributed by atoms with Gasteiger partial charge in [0.25, 0.3) is 11.8 Å². The maximum absolute atomic E-state index is 15.2. The number of H-pyrrole nitrogens is 1. The molecule has 8 rings (SSSR count). The molecule has 19 N–H and O–H groups in total. The lowest BCUT2D eigenvalue weighted by atomic mass is 9.98. The number of aliphatic hydroxyl groups excluding tert-OH is 1. The number of para-hydroxylation sites is 1. The van der Waals surface area contributed by atoms with Crippen LogP contribution in [-0.4, -0.2) is 176 Å². The second-order valence-electron chi connectivity index (χ2n) is 24.8. The Morgan fingerprint density at radius 3 is 1.96 bits per heavy atom. The number of nitrogens with zero attached hydrogens (tertiary/aromatic N) is 4. The number of ether oxygens (including phenoxy) is 1. The summed E-state index contributed by atoms with van der Waals surface area (Å²) in [4.78, 5) is 177. The van der Waals surface area contributed by atoms with Crippen molar-refractivity contribution in [3.8, 4) is 5.75 Å². The van der Waals surface area contributed by atoms with Crippen molar-refractivity contribution in [2.24, 2.45) is 33.8 Å². The number of hydrazine groups is 1. The largest absolute Gasteiger partial charge is 0.427 e. The first-order valence-corrected chi connectivity index (χ1v) is 32.4. The summed E-state index contributed by atoms with van der Waals surface area (Å²) in [5, 5.41) is 32.1. The first-order chi connectivity index (χ1) is 47.3. The van der Waals surface area contributed by atoms with E-state index < -0.39 is 126 Å². The lowest BCUT2D eigenvalue weighted by molar-refractivity contribution is -0.142. The molecule has 0 bridgehead atoms. The van der Waals surface area contributed by atoms with E-state index in [1.54, 1.807) is 50.4 Å². The monoisotopic (exact) mass is 1360 g/mol. The van der Waals surface area contributed by atoms with Gasteiger partial charge >= 0.3 is 12.0 Å². The number of amides is 11. The Morgan fingerprint density at radius 1 is 0.697 bits per heavy atom. The van der Waals surface area contributed by atoms with Crippen LogP contribution in [-0.2, 0) is 73.6 Å². The van der Waals surface area contributed by atoms with Gasteiger partial charge < -0.3 is 79.9 Å². The summed E-state index contributed by atoms with van der Waals surface area (Å²) >= 11 is 0. The van der Waals surface area contributed by atoms with Gasteiger partial charge in [-0.1, -0.05) is 86.6 Å². The standard InChI is InChI=1S/C67H84N18O14/c1-36(2)26-50(58(90)76-48(14-8-24-72-66(69)70)65(97)85-25-9-15-55(85)63(95)82-83-67(71)98)78-60(92)52(29-39-16-19-40-10-4-5-11-41(40)27-39)79-59(91)51(28-38-17-20-44(21-18-38)99-37(3)87)80-62(94)54(34-86)81-61(93)53(30-42-32-73-47-13-7-6-12-45(42)47)77-57(89)46(68)31-43-33-84(35-74-43)64(96)49-22-23-56(88)75-49/h4-7,10-13,16-21,27,32-33,35-36,46,48-55,73,86H,8-9,14-15,22-26,28-31,34,68H2,1-3H3,(H,75,88)(H,76,90)(H,77,89)(H,78,92)(H,79,91)(H,80,94)(H,81,93)(H,82,95)(H4,69,70,72)(H3,71,83,98)/t46-,48-,49-,50-,51-,52+,53-,54-,55-/m0/s1. The fourth-order valence-corrected chi connectivity index (χ4v) is 11.7. The lowest BCUT2D eigenvalue weighted by Crippen LogP contribution is -2.61. The number of imidazole rings is 1. The molecule has 2 aliphatic heterocycles. The number of urea groups is 1. The molecule has 32 heteroatoms. The Labute approximate surface area is 568 Å². The SMILES string of the molecule is CC(=O)Oc1ccc(C[C@H](NC(=O)[C@H](CO)NC(=O)[C@H](Cc2c[nH]c3ccccc23)NC(=O)[C@@H](N)Cc2cn(C(=O)[C@@H]3CCC(=O)N3)cn2)C(=O)N[C@H](Cc2ccc3ccccc3c2)C(=O)N[C@@H](CC(C)C)C(=O)N[C@@H](CCCN=C(N)N)C(=O)N2CCC[C@H]2C(=O)NNC(N)=O)cc1. The smallest absolute Gasteiger partial charge is 0.330 e. The van der Waals surface area contributed by atoms with Gasteiger partial charge in [0.2, 0.25) is 47.3 Å². The number of likely N-dealkylation sites (tertiary alicyclic amines) is 1. The number of nitrogens with two attached hydrogens (primary N) is 4. The molecule has 2 fully saturated rings. The fraction of sp³-hybridized carbons (Fsp3) is 0.403. The number of carbonyl (C=O) groups is 12. The van der Waals surface area contributed by atoms with E-state index >= 15 is 9.59 Å². The number of aromatic nitrogens is 3. The Bertz CT molecular complexity index is 3980. The van der Waals surface area contributed by atoms with Crippen LogP contribution in [0.5, 0.6) is 5.75 Å². The summed E-state index contributed by atoms with van der Waals surface area (Å²) in [6, 6.07) is 12.7. The number of primary amides is 1. The van der Waals surface area contributed by atoms with Crippen molar-refractivity contribution in [1.82, 2.24) is 67.5 Å². The number of fused-ring (bicyclic) bond motifs is 2. The van der Waals surface area contributed by atoms with E-state index in [1.165, 1.54) is 53.2 Å². The maximum Gasteiger partial charge on any atom is 0.330 e. The summed E-state index contributed by atoms with van der Waals surface area (Å²) in [5.41, 5.74) is 29.4. The van der Waals surface area contributed by atoms with Crippen LogP contribution in [0.25, 0.3) is 21.7 Å². The topological polar surface area (TPSA) is 496 Å². The summed E-state index contributed by atoms with van der Waals surface area (Å²) in [6.45, 7) is 3.93. The Balaban J connectivity index is 1.05. The van der Waals surface area contributed by atoms with Crippen molar-refractivity contribution in [3.05, 3.63) is 132 Å². The molecular weight excluding hydrogens is 1280 g/mol. The molecule has 0 saturated carbocycles. The van der Waals surface area contributed by atoms with Gasteiger partial charge in [-0.2, -0.15) is 0 Å². The highest BCUT2D eigenvalue weighted by molar-refractivity contribution is 5.99. The molecule has 0 aliphatic carbocycles. The molecule has 99 heavy (non-hydrogen) atoms.